The zero-order valence-corrected chi connectivity index (χ0v) is 14.7. The summed E-state index contributed by atoms with van der Waals surface area (Å²) in [7, 11) is 1.98. The van der Waals surface area contributed by atoms with Gasteiger partial charge in [0.05, 0.1) is 6.54 Å². The van der Waals surface area contributed by atoms with Crippen LogP contribution in [0.15, 0.2) is 24.3 Å². The summed E-state index contributed by atoms with van der Waals surface area (Å²) in [6, 6.07) is 8.28. The first-order chi connectivity index (χ1) is 11.5. The van der Waals surface area contributed by atoms with Gasteiger partial charge in [0, 0.05) is 38.6 Å². The average molecular weight is 329 g/mol. The molecule has 2 fully saturated rings. The van der Waals surface area contributed by atoms with Gasteiger partial charge in [0.1, 0.15) is 0 Å². The van der Waals surface area contributed by atoms with Gasteiger partial charge in [-0.3, -0.25) is 14.5 Å². The molecule has 5 nitrogen and oxygen atoms in total. The Bertz CT molecular complexity index is 604. The lowest BCUT2D eigenvalue weighted by Gasteiger charge is -2.35. The molecule has 0 bridgehead atoms. The Labute approximate surface area is 144 Å². The van der Waals surface area contributed by atoms with Crippen molar-refractivity contribution >= 4 is 11.8 Å². The van der Waals surface area contributed by atoms with Crippen molar-refractivity contribution in [2.24, 2.45) is 5.92 Å². The van der Waals surface area contributed by atoms with E-state index in [4.69, 9.17) is 0 Å². The molecule has 24 heavy (non-hydrogen) atoms. The van der Waals surface area contributed by atoms with Gasteiger partial charge >= 0.3 is 0 Å². The summed E-state index contributed by atoms with van der Waals surface area (Å²) in [4.78, 5) is 30.4. The first kappa shape index (κ1) is 17.0. The predicted molar refractivity (Wildman–Crippen MR) is 93.4 cm³/mol. The Hall–Kier alpha value is -1.88. The Balaban J connectivity index is 1.45. The van der Waals surface area contributed by atoms with Crippen molar-refractivity contribution in [1.29, 1.82) is 0 Å². The summed E-state index contributed by atoms with van der Waals surface area (Å²) in [6.07, 6.45) is 2.09. The van der Waals surface area contributed by atoms with Crippen LogP contribution in [0.4, 0.5) is 0 Å². The summed E-state index contributed by atoms with van der Waals surface area (Å²) in [5, 5.41) is 0. The van der Waals surface area contributed by atoms with Crippen LogP contribution >= 0.6 is 0 Å². The highest BCUT2D eigenvalue weighted by molar-refractivity contribution is 5.82. The smallest absolute Gasteiger partial charge is 0.236 e. The predicted octanol–water partition coefficient (Wildman–Crippen LogP) is 1.51. The van der Waals surface area contributed by atoms with E-state index in [0.29, 0.717) is 38.6 Å². The number of piperazine rings is 1. The van der Waals surface area contributed by atoms with Crippen LogP contribution in [-0.4, -0.2) is 66.3 Å². The topological polar surface area (TPSA) is 43.9 Å². The second-order valence-electron chi connectivity index (χ2n) is 7.08. The average Bonchev–Trinajstić information content (AvgIpc) is 3.41. The van der Waals surface area contributed by atoms with Crippen LogP contribution in [0.3, 0.4) is 0 Å². The van der Waals surface area contributed by atoms with Crippen molar-refractivity contribution in [2.45, 2.75) is 26.3 Å². The van der Waals surface area contributed by atoms with Gasteiger partial charge in [-0.2, -0.15) is 0 Å². The standard InChI is InChI=1S/C19H27N3O2/c1-15-5-3-4-6-17(15)13-20(2)14-18(23)21-9-11-22(12-10-21)19(24)16-7-8-16/h3-6,16H,7-14H2,1-2H3. The molecule has 1 aromatic carbocycles. The maximum absolute atomic E-state index is 12.5. The number of amides is 2. The second kappa shape index (κ2) is 7.34. The Morgan fingerprint density at radius 1 is 1.08 bits per heavy atom. The molecule has 1 aliphatic heterocycles. The van der Waals surface area contributed by atoms with Crippen LogP contribution in [0.5, 0.6) is 0 Å². The maximum atomic E-state index is 12.5. The van der Waals surface area contributed by atoms with Gasteiger partial charge in [-0.15, -0.1) is 0 Å². The maximum Gasteiger partial charge on any atom is 0.236 e. The summed E-state index contributed by atoms with van der Waals surface area (Å²) >= 11 is 0. The third-order valence-corrected chi connectivity index (χ3v) is 4.98. The highest BCUT2D eigenvalue weighted by atomic mass is 16.2. The molecule has 1 saturated heterocycles. The van der Waals surface area contributed by atoms with Gasteiger partial charge in [0.15, 0.2) is 0 Å². The molecule has 1 heterocycles. The molecule has 3 rings (SSSR count). The van der Waals surface area contributed by atoms with E-state index < -0.39 is 0 Å². The van der Waals surface area contributed by atoms with E-state index >= 15 is 0 Å². The molecule has 1 aliphatic carbocycles. The number of benzene rings is 1. The minimum atomic E-state index is 0.157. The van der Waals surface area contributed by atoms with Gasteiger partial charge in [-0.05, 0) is 37.9 Å². The summed E-state index contributed by atoms with van der Waals surface area (Å²) in [5.74, 6) is 0.718. The molecule has 1 aromatic rings. The zero-order valence-electron chi connectivity index (χ0n) is 14.7. The third-order valence-electron chi connectivity index (χ3n) is 4.98. The lowest BCUT2D eigenvalue weighted by Crippen LogP contribution is -2.52. The van der Waals surface area contributed by atoms with E-state index in [9.17, 15) is 9.59 Å². The molecule has 5 heteroatoms. The van der Waals surface area contributed by atoms with Gasteiger partial charge in [0.25, 0.3) is 0 Å². The van der Waals surface area contributed by atoms with Crippen molar-refractivity contribution in [3.05, 3.63) is 35.4 Å². The van der Waals surface area contributed by atoms with Crippen LogP contribution in [-0.2, 0) is 16.1 Å². The van der Waals surface area contributed by atoms with E-state index in [-0.39, 0.29) is 11.8 Å². The molecule has 0 radical (unpaired) electrons. The van der Waals surface area contributed by atoms with Crippen molar-refractivity contribution in [2.75, 3.05) is 39.8 Å². The largest absolute Gasteiger partial charge is 0.339 e. The Morgan fingerprint density at radius 2 is 1.71 bits per heavy atom. The number of aryl methyl sites for hydroxylation is 1. The van der Waals surface area contributed by atoms with Crippen LogP contribution < -0.4 is 0 Å². The van der Waals surface area contributed by atoms with E-state index in [1.807, 2.05) is 29.0 Å². The SMILES string of the molecule is Cc1ccccc1CN(C)CC(=O)N1CCN(C(=O)C2CC2)CC1. The third kappa shape index (κ3) is 4.15. The van der Waals surface area contributed by atoms with Crippen molar-refractivity contribution < 1.29 is 9.59 Å². The number of carbonyl (C=O) groups excluding carboxylic acids is 2. The van der Waals surface area contributed by atoms with Gasteiger partial charge in [-0.1, -0.05) is 24.3 Å². The number of nitrogens with zero attached hydrogens (tertiary/aromatic N) is 3. The number of carbonyl (C=O) groups is 2. The number of hydrogen-bond donors (Lipinski definition) is 0. The molecule has 2 amide bonds. The lowest BCUT2D eigenvalue weighted by molar-refractivity contribution is -0.140. The number of rotatable bonds is 5. The highest BCUT2D eigenvalue weighted by Crippen LogP contribution is 2.31. The van der Waals surface area contributed by atoms with Crippen LogP contribution in [0.1, 0.15) is 24.0 Å². The minimum absolute atomic E-state index is 0.157. The first-order valence-corrected chi connectivity index (χ1v) is 8.84. The van der Waals surface area contributed by atoms with Crippen LogP contribution in [0, 0.1) is 12.8 Å². The molecule has 0 spiro atoms. The minimum Gasteiger partial charge on any atom is -0.339 e. The molecule has 1 saturated carbocycles. The summed E-state index contributed by atoms with van der Waals surface area (Å²) < 4.78 is 0. The highest BCUT2D eigenvalue weighted by Gasteiger charge is 2.35. The number of hydrogen-bond acceptors (Lipinski definition) is 3. The Kier molecular flexibility index (Phi) is 5.19. The fourth-order valence-corrected chi connectivity index (χ4v) is 3.23. The summed E-state index contributed by atoms with van der Waals surface area (Å²) in [5.41, 5.74) is 2.51. The lowest BCUT2D eigenvalue weighted by atomic mass is 10.1. The quantitative estimate of drug-likeness (QED) is 0.822. The second-order valence-corrected chi connectivity index (χ2v) is 7.08. The molecule has 130 valence electrons. The zero-order chi connectivity index (χ0) is 17.1. The van der Waals surface area contributed by atoms with Crippen molar-refractivity contribution in [3.63, 3.8) is 0 Å². The fraction of sp³-hybridized carbons (Fsp3) is 0.579. The van der Waals surface area contributed by atoms with Gasteiger partial charge < -0.3 is 9.80 Å². The summed E-state index contributed by atoms with van der Waals surface area (Å²) in [6.45, 7) is 5.99. The van der Waals surface area contributed by atoms with Crippen molar-refractivity contribution in [3.8, 4) is 0 Å². The molecular formula is C19H27N3O2. The molecular weight excluding hydrogens is 302 g/mol. The van der Waals surface area contributed by atoms with Gasteiger partial charge in [0.2, 0.25) is 11.8 Å². The van der Waals surface area contributed by atoms with Crippen LogP contribution in [0.25, 0.3) is 0 Å². The fourth-order valence-electron chi connectivity index (χ4n) is 3.23. The van der Waals surface area contributed by atoms with E-state index in [1.54, 1.807) is 0 Å². The first-order valence-electron chi connectivity index (χ1n) is 8.84. The normalized spacial score (nSPS) is 18.1. The monoisotopic (exact) mass is 329 g/mol. The number of likely N-dealkylation sites (N-methyl/N-ethyl adjacent to an activating group) is 1. The Morgan fingerprint density at radius 3 is 2.33 bits per heavy atom. The van der Waals surface area contributed by atoms with E-state index in [2.05, 4.69) is 24.0 Å². The van der Waals surface area contributed by atoms with Gasteiger partial charge in [-0.25, -0.2) is 0 Å². The molecule has 0 atom stereocenters. The molecule has 0 N–H and O–H groups in total. The molecule has 0 aromatic heterocycles. The van der Waals surface area contributed by atoms with E-state index in [0.717, 1.165) is 19.4 Å². The van der Waals surface area contributed by atoms with Crippen molar-refractivity contribution in [1.82, 2.24) is 14.7 Å². The molecule has 0 unspecified atom stereocenters. The van der Waals surface area contributed by atoms with E-state index in [1.165, 1.54) is 11.1 Å². The van der Waals surface area contributed by atoms with Crippen LogP contribution in [0.2, 0.25) is 0 Å². The molecule has 2 aliphatic rings.